The Balaban J connectivity index is 2.45. The van der Waals surface area contributed by atoms with Crippen LogP contribution < -0.4 is 11.1 Å². The molecule has 0 fully saturated rings. The quantitative estimate of drug-likeness (QED) is 0.893. The molecule has 3 N–H and O–H groups in total. The molecule has 0 aliphatic carbocycles. The first-order valence-electron chi connectivity index (χ1n) is 8.59. The normalized spacial score (nSPS) is 12.3. The van der Waals surface area contributed by atoms with E-state index >= 15 is 0 Å². The van der Waals surface area contributed by atoms with Crippen molar-refractivity contribution in [2.75, 3.05) is 13.1 Å². The summed E-state index contributed by atoms with van der Waals surface area (Å²) in [6, 6.07) is 6.45. The molecular formula is C19H29N5O. The average molecular weight is 343 g/mol. The summed E-state index contributed by atoms with van der Waals surface area (Å²) >= 11 is 0. The summed E-state index contributed by atoms with van der Waals surface area (Å²) in [4.78, 5) is 12.0. The smallest absolute Gasteiger partial charge is 0.273 e. The fourth-order valence-corrected chi connectivity index (χ4v) is 2.38. The Bertz CT molecular complexity index is 718. The molecule has 1 heterocycles. The molecule has 6 nitrogen and oxygen atoms in total. The van der Waals surface area contributed by atoms with Crippen LogP contribution in [0.4, 0.5) is 0 Å². The van der Waals surface area contributed by atoms with Crippen molar-refractivity contribution in [1.29, 1.82) is 0 Å². The molecule has 0 atom stereocenters. The lowest BCUT2D eigenvalue weighted by atomic mass is 9.80. The number of rotatable bonds is 4. The van der Waals surface area contributed by atoms with Gasteiger partial charge in [-0.1, -0.05) is 52.8 Å². The Morgan fingerprint density at radius 2 is 1.64 bits per heavy atom. The minimum Gasteiger partial charge on any atom is -0.349 e. The van der Waals surface area contributed by atoms with Crippen molar-refractivity contribution in [3.63, 3.8) is 0 Å². The Labute approximate surface area is 149 Å². The van der Waals surface area contributed by atoms with E-state index in [2.05, 4.69) is 75.4 Å². The van der Waals surface area contributed by atoms with Crippen LogP contribution in [0.15, 0.2) is 24.4 Å². The summed E-state index contributed by atoms with van der Waals surface area (Å²) in [6.07, 6.45) is 1.65. The molecule has 0 aliphatic heterocycles. The van der Waals surface area contributed by atoms with E-state index in [4.69, 9.17) is 5.73 Å². The summed E-state index contributed by atoms with van der Waals surface area (Å²) in [5.41, 5.74) is 9.07. The molecular weight excluding hydrogens is 314 g/mol. The third-order valence-electron chi connectivity index (χ3n) is 4.07. The molecule has 0 aliphatic rings. The molecule has 2 aromatic rings. The van der Waals surface area contributed by atoms with Crippen LogP contribution in [-0.2, 0) is 10.8 Å². The number of nitrogens with zero attached hydrogens (tertiary/aromatic N) is 3. The molecule has 0 saturated carbocycles. The van der Waals surface area contributed by atoms with Gasteiger partial charge in [-0.2, -0.15) is 0 Å². The van der Waals surface area contributed by atoms with Crippen molar-refractivity contribution in [2.45, 2.75) is 52.4 Å². The molecule has 0 saturated heterocycles. The summed E-state index contributed by atoms with van der Waals surface area (Å²) in [5.74, 6) is -0.264. The van der Waals surface area contributed by atoms with Crippen molar-refractivity contribution in [2.24, 2.45) is 5.73 Å². The molecule has 1 aromatic heterocycles. The number of hydrogen-bond donors (Lipinski definition) is 2. The highest BCUT2D eigenvalue weighted by molar-refractivity contribution is 5.91. The first kappa shape index (κ1) is 19.1. The number of amides is 1. The molecule has 1 amide bonds. The van der Waals surface area contributed by atoms with Crippen molar-refractivity contribution < 1.29 is 4.79 Å². The lowest BCUT2D eigenvalue weighted by molar-refractivity contribution is 0.0949. The second kappa shape index (κ2) is 6.96. The monoisotopic (exact) mass is 343 g/mol. The number of carbonyl (C=O) groups is 1. The van der Waals surface area contributed by atoms with Crippen LogP contribution in [0, 0.1) is 0 Å². The number of carbonyl (C=O) groups excluding carboxylic acids is 1. The second-order valence-corrected chi connectivity index (χ2v) is 8.36. The summed E-state index contributed by atoms with van der Waals surface area (Å²) in [5, 5.41) is 10.8. The molecule has 0 unspecified atom stereocenters. The van der Waals surface area contributed by atoms with Crippen LogP contribution in [0.3, 0.4) is 0 Å². The van der Waals surface area contributed by atoms with Gasteiger partial charge in [0.1, 0.15) is 0 Å². The van der Waals surface area contributed by atoms with Gasteiger partial charge in [0.15, 0.2) is 5.69 Å². The second-order valence-electron chi connectivity index (χ2n) is 8.36. The predicted molar refractivity (Wildman–Crippen MR) is 100 cm³/mol. The van der Waals surface area contributed by atoms with Gasteiger partial charge in [-0.15, -0.1) is 5.10 Å². The van der Waals surface area contributed by atoms with E-state index in [0.29, 0.717) is 13.1 Å². The molecule has 0 radical (unpaired) electrons. The van der Waals surface area contributed by atoms with E-state index in [1.54, 1.807) is 10.9 Å². The average Bonchev–Trinajstić information content (AvgIpc) is 3.00. The van der Waals surface area contributed by atoms with Crippen LogP contribution in [-0.4, -0.2) is 34.0 Å². The zero-order valence-electron chi connectivity index (χ0n) is 16.1. The zero-order valence-corrected chi connectivity index (χ0v) is 16.1. The van der Waals surface area contributed by atoms with E-state index in [-0.39, 0.29) is 22.4 Å². The van der Waals surface area contributed by atoms with Crippen molar-refractivity contribution >= 4 is 5.91 Å². The number of nitrogens with one attached hydrogen (secondary N) is 1. The number of aromatic nitrogens is 3. The number of nitrogens with two attached hydrogens (primary N) is 1. The van der Waals surface area contributed by atoms with Crippen LogP contribution in [0.5, 0.6) is 0 Å². The topological polar surface area (TPSA) is 85.8 Å². The highest BCUT2D eigenvalue weighted by Crippen LogP contribution is 2.31. The van der Waals surface area contributed by atoms with Gasteiger partial charge in [-0.3, -0.25) is 4.79 Å². The van der Waals surface area contributed by atoms with Crippen molar-refractivity contribution in [3.05, 3.63) is 41.2 Å². The fourth-order valence-electron chi connectivity index (χ4n) is 2.38. The highest BCUT2D eigenvalue weighted by atomic mass is 16.2. The highest BCUT2D eigenvalue weighted by Gasteiger charge is 2.21. The minimum absolute atomic E-state index is 0.0118. The Morgan fingerprint density at radius 3 is 2.12 bits per heavy atom. The molecule has 25 heavy (non-hydrogen) atoms. The minimum atomic E-state index is -0.264. The van der Waals surface area contributed by atoms with E-state index in [1.165, 1.54) is 11.1 Å². The first-order chi connectivity index (χ1) is 11.5. The largest absolute Gasteiger partial charge is 0.349 e. The lowest BCUT2D eigenvalue weighted by Gasteiger charge is -2.26. The first-order valence-corrected chi connectivity index (χ1v) is 8.59. The fraction of sp³-hybridized carbons (Fsp3) is 0.526. The molecule has 2 rings (SSSR count). The zero-order chi connectivity index (χ0) is 18.8. The maximum atomic E-state index is 12.0. The molecule has 0 bridgehead atoms. The van der Waals surface area contributed by atoms with Gasteiger partial charge >= 0.3 is 0 Å². The summed E-state index contributed by atoms with van der Waals surface area (Å²) in [7, 11) is 0. The SMILES string of the molecule is CC(C)(C)c1cc(-n2cc(C(=O)NCCN)nn2)cc(C(C)(C)C)c1. The predicted octanol–water partition coefficient (Wildman–Crippen LogP) is 2.55. The van der Waals surface area contributed by atoms with Gasteiger partial charge in [0.2, 0.25) is 0 Å². The van der Waals surface area contributed by atoms with Gasteiger partial charge in [-0.05, 0) is 34.1 Å². The van der Waals surface area contributed by atoms with E-state index in [1.807, 2.05) is 0 Å². The van der Waals surface area contributed by atoms with Crippen LogP contribution in [0.1, 0.15) is 63.2 Å². The standard InChI is InChI=1S/C19H29N5O/c1-18(2,3)13-9-14(19(4,5)6)11-15(10-13)24-12-16(22-23-24)17(25)21-8-7-20/h9-12H,7-8,20H2,1-6H3,(H,21,25). The van der Waals surface area contributed by atoms with E-state index in [0.717, 1.165) is 5.69 Å². The van der Waals surface area contributed by atoms with E-state index < -0.39 is 0 Å². The maximum Gasteiger partial charge on any atom is 0.273 e. The van der Waals surface area contributed by atoms with Gasteiger partial charge < -0.3 is 11.1 Å². The van der Waals surface area contributed by atoms with Gasteiger partial charge in [0.05, 0.1) is 11.9 Å². The third kappa shape index (κ3) is 4.66. The summed E-state index contributed by atoms with van der Waals surface area (Å²) in [6.45, 7) is 13.9. The Kier molecular flexibility index (Phi) is 5.32. The van der Waals surface area contributed by atoms with Gasteiger partial charge in [0, 0.05) is 13.1 Å². The van der Waals surface area contributed by atoms with Crippen molar-refractivity contribution in [1.82, 2.24) is 20.3 Å². The third-order valence-corrected chi connectivity index (χ3v) is 4.07. The maximum absolute atomic E-state index is 12.0. The van der Waals surface area contributed by atoms with Crippen LogP contribution in [0.25, 0.3) is 5.69 Å². The lowest BCUT2D eigenvalue weighted by Crippen LogP contribution is -2.29. The number of benzene rings is 1. The molecule has 6 heteroatoms. The van der Waals surface area contributed by atoms with Crippen LogP contribution in [0.2, 0.25) is 0 Å². The molecule has 1 aromatic carbocycles. The van der Waals surface area contributed by atoms with Gasteiger partial charge in [0.25, 0.3) is 5.91 Å². The van der Waals surface area contributed by atoms with Crippen LogP contribution >= 0.6 is 0 Å². The Hall–Kier alpha value is -2.21. The molecule has 0 spiro atoms. The van der Waals surface area contributed by atoms with Gasteiger partial charge in [-0.25, -0.2) is 4.68 Å². The summed E-state index contributed by atoms with van der Waals surface area (Å²) < 4.78 is 1.65. The Morgan fingerprint density at radius 1 is 1.08 bits per heavy atom. The molecule has 136 valence electrons. The van der Waals surface area contributed by atoms with Crippen molar-refractivity contribution in [3.8, 4) is 5.69 Å². The van der Waals surface area contributed by atoms with E-state index in [9.17, 15) is 4.79 Å². The number of hydrogen-bond acceptors (Lipinski definition) is 4.